The Kier molecular flexibility index (Phi) is 9.67. The van der Waals surface area contributed by atoms with Gasteiger partial charge >= 0.3 is 12.1 Å². The van der Waals surface area contributed by atoms with E-state index in [4.69, 9.17) is 9.47 Å². The van der Waals surface area contributed by atoms with Crippen LogP contribution in [0.1, 0.15) is 43.2 Å². The molecule has 1 aliphatic rings. The lowest BCUT2D eigenvalue weighted by atomic mass is 9.98. The molecule has 3 N–H and O–H groups in total. The van der Waals surface area contributed by atoms with Crippen LogP contribution in [0.4, 0.5) is 4.79 Å². The molecule has 34 heavy (non-hydrogen) atoms. The molecule has 3 rings (SSSR count). The van der Waals surface area contributed by atoms with Crippen LogP contribution < -0.4 is 10.6 Å². The Morgan fingerprint density at radius 1 is 1.09 bits per heavy atom. The predicted octanol–water partition coefficient (Wildman–Crippen LogP) is 3.76. The molecule has 1 aliphatic carbocycles. The van der Waals surface area contributed by atoms with Gasteiger partial charge in [0.05, 0.1) is 18.7 Å². The van der Waals surface area contributed by atoms with Crippen LogP contribution in [0.2, 0.25) is 0 Å². The number of alkyl carbamates (subject to hydrolysis) is 1. The van der Waals surface area contributed by atoms with Crippen LogP contribution in [0.5, 0.6) is 0 Å². The van der Waals surface area contributed by atoms with Gasteiger partial charge in [-0.1, -0.05) is 81.0 Å². The van der Waals surface area contributed by atoms with E-state index in [0.29, 0.717) is 6.42 Å². The molecule has 1 amide bonds. The fraction of sp³-hybridized carbons (Fsp3) is 0.407. The topological polar surface area (TPSA) is 96.9 Å². The number of hydrogen-bond acceptors (Lipinski definition) is 6. The molecular formula is C27H34N2O5. The number of benzene rings is 2. The van der Waals surface area contributed by atoms with Gasteiger partial charge in [0.25, 0.3) is 0 Å². The molecule has 0 saturated carbocycles. The monoisotopic (exact) mass is 466 g/mol. The molecule has 2 atom stereocenters. The summed E-state index contributed by atoms with van der Waals surface area (Å²) < 4.78 is 10.5. The summed E-state index contributed by atoms with van der Waals surface area (Å²) >= 11 is 0. The van der Waals surface area contributed by atoms with Crippen molar-refractivity contribution in [1.29, 1.82) is 0 Å². The quantitative estimate of drug-likeness (QED) is 0.307. The average molecular weight is 467 g/mol. The molecule has 0 aromatic heterocycles. The fourth-order valence-electron chi connectivity index (χ4n) is 4.24. The molecule has 7 heteroatoms. The molecule has 0 heterocycles. The van der Waals surface area contributed by atoms with Crippen LogP contribution in [0.3, 0.4) is 0 Å². The fourth-order valence-corrected chi connectivity index (χ4v) is 4.24. The average Bonchev–Trinajstić information content (AvgIpc) is 3.17. The van der Waals surface area contributed by atoms with Gasteiger partial charge in [-0.3, -0.25) is 4.79 Å². The van der Waals surface area contributed by atoms with Crippen molar-refractivity contribution in [3.63, 3.8) is 0 Å². The number of nitrogens with one attached hydrogen (secondary N) is 2. The summed E-state index contributed by atoms with van der Waals surface area (Å²) in [6.07, 6.45) is 2.42. The molecule has 0 aliphatic heterocycles. The van der Waals surface area contributed by atoms with Gasteiger partial charge < -0.3 is 25.2 Å². The molecule has 0 spiro atoms. The second-order valence-corrected chi connectivity index (χ2v) is 8.39. The second kappa shape index (κ2) is 12.9. The number of rotatable bonds is 13. The van der Waals surface area contributed by atoms with E-state index in [1.807, 2.05) is 31.2 Å². The minimum atomic E-state index is -0.876. The van der Waals surface area contributed by atoms with Crippen molar-refractivity contribution in [1.82, 2.24) is 10.6 Å². The van der Waals surface area contributed by atoms with Gasteiger partial charge in [-0.05, 0) is 28.7 Å². The lowest BCUT2D eigenvalue weighted by Gasteiger charge is -2.24. The van der Waals surface area contributed by atoms with Crippen LogP contribution in [0, 0.1) is 0 Å². The summed E-state index contributed by atoms with van der Waals surface area (Å²) in [4.78, 5) is 24.2. The summed E-state index contributed by atoms with van der Waals surface area (Å²) in [5, 5.41) is 16.3. The predicted molar refractivity (Wildman–Crippen MR) is 132 cm³/mol. The number of amides is 1. The van der Waals surface area contributed by atoms with Gasteiger partial charge in [-0.15, -0.1) is 0 Å². The highest BCUT2D eigenvalue weighted by Gasteiger charge is 2.29. The third-order valence-corrected chi connectivity index (χ3v) is 5.97. The number of ether oxygens (including phenoxy) is 2. The minimum Gasteiger partial charge on any atom is -0.461 e. The van der Waals surface area contributed by atoms with Gasteiger partial charge in [0.2, 0.25) is 0 Å². The zero-order chi connectivity index (χ0) is 24.3. The number of esters is 1. The third-order valence-electron chi connectivity index (χ3n) is 5.97. The van der Waals surface area contributed by atoms with Crippen molar-refractivity contribution < 1.29 is 24.2 Å². The molecular weight excluding hydrogens is 432 g/mol. The molecule has 2 aromatic rings. The van der Waals surface area contributed by atoms with E-state index >= 15 is 0 Å². The van der Waals surface area contributed by atoms with Gasteiger partial charge in [0.1, 0.15) is 13.2 Å². The van der Waals surface area contributed by atoms with Crippen molar-refractivity contribution >= 4 is 12.1 Å². The first-order valence-corrected chi connectivity index (χ1v) is 11.8. The van der Waals surface area contributed by atoms with Crippen molar-refractivity contribution in [3.8, 4) is 11.1 Å². The van der Waals surface area contributed by atoms with Crippen molar-refractivity contribution in [2.45, 2.75) is 44.2 Å². The summed E-state index contributed by atoms with van der Waals surface area (Å²) in [6, 6.07) is 15.8. The third kappa shape index (κ3) is 6.68. The number of aliphatic hydroxyl groups excluding tert-OH is 1. The Hall–Kier alpha value is -3.16. The number of fused-ring (bicyclic) bond motifs is 3. The molecule has 0 bridgehead atoms. The van der Waals surface area contributed by atoms with E-state index in [0.717, 1.165) is 24.0 Å². The van der Waals surface area contributed by atoms with Crippen LogP contribution in [-0.2, 0) is 14.3 Å². The summed E-state index contributed by atoms with van der Waals surface area (Å²) in [5.41, 5.74) is 4.63. The van der Waals surface area contributed by atoms with E-state index in [1.54, 1.807) is 0 Å². The van der Waals surface area contributed by atoms with E-state index in [-0.39, 0.29) is 32.2 Å². The number of unbranched alkanes of at least 4 members (excludes halogenated alkanes) is 1. The number of aliphatic hydroxyl groups is 1. The number of carbonyl (C=O) groups is 2. The van der Waals surface area contributed by atoms with Crippen molar-refractivity contribution in [2.24, 2.45) is 0 Å². The standard InChI is InChI=1S/C27H34N2O5/c1-3-5-14-24(25(30)16-28-17-26(31)33-15-4-2)29-27(32)34-18-23-21-12-8-6-10-19(21)20-11-7-9-13-22(20)23/h4,6-13,23-25,28,30H,2-3,5,14-18H2,1H3,(H,29,32)/t24-,25?/m0/s1. The molecule has 2 aromatic carbocycles. The minimum absolute atomic E-state index is 0.0274. The first-order chi connectivity index (χ1) is 16.5. The Balaban J connectivity index is 1.54. The maximum absolute atomic E-state index is 12.7. The van der Waals surface area contributed by atoms with Gasteiger partial charge in [0, 0.05) is 12.5 Å². The molecule has 0 radical (unpaired) electrons. The summed E-state index contributed by atoms with van der Waals surface area (Å²) in [6.45, 7) is 6.00. The van der Waals surface area contributed by atoms with Gasteiger partial charge in [-0.25, -0.2) is 4.79 Å². The number of carbonyl (C=O) groups excluding carboxylic acids is 2. The molecule has 7 nitrogen and oxygen atoms in total. The first-order valence-electron chi connectivity index (χ1n) is 11.8. The van der Waals surface area contributed by atoms with E-state index in [9.17, 15) is 14.7 Å². The van der Waals surface area contributed by atoms with E-state index in [1.165, 1.54) is 17.2 Å². The normalized spacial score (nSPS) is 13.9. The Bertz CT molecular complexity index is 931. The Labute approximate surface area is 201 Å². The lowest BCUT2D eigenvalue weighted by Crippen LogP contribution is -2.48. The largest absolute Gasteiger partial charge is 0.461 e. The maximum Gasteiger partial charge on any atom is 0.407 e. The van der Waals surface area contributed by atoms with E-state index < -0.39 is 24.2 Å². The zero-order valence-electron chi connectivity index (χ0n) is 19.7. The highest BCUT2D eigenvalue weighted by Crippen LogP contribution is 2.44. The first kappa shape index (κ1) is 25.5. The van der Waals surface area contributed by atoms with Crippen LogP contribution >= 0.6 is 0 Å². The van der Waals surface area contributed by atoms with Crippen LogP contribution in [0.25, 0.3) is 11.1 Å². The van der Waals surface area contributed by atoms with Gasteiger partial charge in [-0.2, -0.15) is 0 Å². The van der Waals surface area contributed by atoms with Gasteiger partial charge in [0.15, 0.2) is 0 Å². The van der Waals surface area contributed by atoms with Crippen molar-refractivity contribution in [2.75, 3.05) is 26.3 Å². The highest BCUT2D eigenvalue weighted by molar-refractivity contribution is 5.79. The van der Waals surface area contributed by atoms with Crippen LogP contribution in [0.15, 0.2) is 61.2 Å². The second-order valence-electron chi connectivity index (χ2n) is 8.39. The van der Waals surface area contributed by atoms with E-state index in [2.05, 4.69) is 41.5 Å². The zero-order valence-corrected chi connectivity index (χ0v) is 19.7. The maximum atomic E-state index is 12.7. The molecule has 0 saturated heterocycles. The van der Waals surface area contributed by atoms with Crippen molar-refractivity contribution in [3.05, 3.63) is 72.3 Å². The Morgan fingerprint density at radius 2 is 1.74 bits per heavy atom. The Morgan fingerprint density at radius 3 is 2.35 bits per heavy atom. The molecule has 1 unspecified atom stereocenters. The smallest absolute Gasteiger partial charge is 0.407 e. The number of hydrogen-bond donors (Lipinski definition) is 3. The lowest BCUT2D eigenvalue weighted by molar-refractivity contribution is -0.141. The molecule has 182 valence electrons. The van der Waals surface area contributed by atoms with Crippen LogP contribution in [-0.4, -0.2) is 55.6 Å². The SMILES string of the molecule is C=CCOC(=O)CNCC(O)[C@H](CCCC)NC(=O)OCC1c2ccccc2-c2ccccc21. The summed E-state index contributed by atoms with van der Waals surface area (Å²) in [5.74, 6) is -0.456. The molecule has 0 fully saturated rings. The summed E-state index contributed by atoms with van der Waals surface area (Å²) in [7, 11) is 0. The highest BCUT2D eigenvalue weighted by atomic mass is 16.5.